The lowest BCUT2D eigenvalue weighted by molar-refractivity contribution is 0.403. The van der Waals surface area contributed by atoms with Gasteiger partial charge in [-0.1, -0.05) is 25.1 Å². The standard InChI is InChI=1S/C16H19NO3S/c1-4-13-9-10-14(11-12(13)2)17-21(18,19)16-8-6-5-7-15(16)20-3/h5-11,17H,4H2,1-3H3. The molecule has 0 radical (unpaired) electrons. The van der Waals surface area contributed by atoms with Gasteiger partial charge in [0.1, 0.15) is 10.6 Å². The van der Waals surface area contributed by atoms with Crippen molar-refractivity contribution < 1.29 is 13.2 Å². The van der Waals surface area contributed by atoms with Gasteiger partial charge in [0.15, 0.2) is 0 Å². The van der Waals surface area contributed by atoms with Gasteiger partial charge in [0.05, 0.1) is 7.11 Å². The largest absolute Gasteiger partial charge is 0.495 e. The zero-order chi connectivity index (χ0) is 15.5. The third kappa shape index (κ3) is 3.36. The highest BCUT2D eigenvalue weighted by molar-refractivity contribution is 7.92. The van der Waals surface area contributed by atoms with Crippen LogP contribution in [0.15, 0.2) is 47.4 Å². The van der Waals surface area contributed by atoms with Crippen molar-refractivity contribution in [2.24, 2.45) is 0 Å². The lowest BCUT2D eigenvalue weighted by Crippen LogP contribution is -2.14. The van der Waals surface area contributed by atoms with Crippen molar-refractivity contribution in [3.8, 4) is 5.75 Å². The number of hydrogen-bond donors (Lipinski definition) is 1. The number of hydrogen-bond acceptors (Lipinski definition) is 3. The van der Waals surface area contributed by atoms with Crippen molar-refractivity contribution in [3.63, 3.8) is 0 Å². The van der Waals surface area contributed by atoms with E-state index in [1.165, 1.54) is 18.7 Å². The first-order chi connectivity index (χ1) is 9.97. The lowest BCUT2D eigenvalue weighted by atomic mass is 10.1. The van der Waals surface area contributed by atoms with E-state index in [0.717, 1.165) is 12.0 Å². The number of anilines is 1. The molecule has 112 valence electrons. The molecular weight excluding hydrogens is 286 g/mol. The van der Waals surface area contributed by atoms with Gasteiger partial charge in [0, 0.05) is 5.69 Å². The van der Waals surface area contributed by atoms with E-state index in [1.807, 2.05) is 19.1 Å². The van der Waals surface area contributed by atoms with Crippen LogP contribution in [0.25, 0.3) is 0 Å². The molecule has 0 heterocycles. The Kier molecular flexibility index (Phi) is 4.53. The van der Waals surface area contributed by atoms with Crippen LogP contribution in [0.1, 0.15) is 18.1 Å². The fourth-order valence-electron chi connectivity index (χ4n) is 2.21. The average Bonchev–Trinajstić information content (AvgIpc) is 2.47. The second-order valence-electron chi connectivity index (χ2n) is 4.75. The number of nitrogens with one attached hydrogen (secondary N) is 1. The first-order valence-electron chi connectivity index (χ1n) is 6.73. The summed E-state index contributed by atoms with van der Waals surface area (Å²) < 4.78 is 32.6. The summed E-state index contributed by atoms with van der Waals surface area (Å²) in [6.45, 7) is 4.04. The van der Waals surface area contributed by atoms with Crippen molar-refractivity contribution in [1.29, 1.82) is 0 Å². The second-order valence-corrected chi connectivity index (χ2v) is 6.40. The molecule has 0 atom stereocenters. The summed E-state index contributed by atoms with van der Waals surface area (Å²) in [5.41, 5.74) is 2.82. The molecule has 2 rings (SSSR count). The molecule has 5 heteroatoms. The van der Waals surface area contributed by atoms with Crippen LogP contribution in [0.3, 0.4) is 0 Å². The van der Waals surface area contributed by atoms with Gasteiger partial charge in [-0.2, -0.15) is 0 Å². The van der Waals surface area contributed by atoms with E-state index in [1.54, 1.807) is 24.3 Å². The van der Waals surface area contributed by atoms with Crippen LogP contribution in [-0.2, 0) is 16.4 Å². The SMILES string of the molecule is CCc1ccc(NS(=O)(=O)c2ccccc2OC)cc1C. The monoisotopic (exact) mass is 305 g/mol. The van der Waals surface area contributed by atoms with Gasteiger partial charge in [-0.3, -0.25) is 4.72 Å². The third-order valence-corrected chi connectivity index (χ3v) is 4.76. The Hall–Kier alpha value is -2.01. The summed E-state index contributed by atoms with van der Waals surface area (Å²) in [4.78, 5) is 0.129. The maximum Gasteiger partial charge on any atom is 0.265 e. The Morgan fingerprint density at radius 2 is 1.86 bits per heavy atom. The molecule has 0 aliphatic heterocycles. The van der Waals surface area contributed by atoms with Gasteiger partial charge in [-0.15, -0.1) is 0 Å². The first-order valence-corrected chi connectivity index (χ1v) is 8.21. The highest BCUT2D eigenvalue weighted by atomic mass is 32.2. The smallest absolute Gasteiger partial charge is 0.265 e. The number of ether oxygens (including phenoxy) is 1. The Morgan fingerprint density at radius 3 is 2.48 bits per heavy atom. The summed E-state index contributed by atoms with van der Waals surface area (Å²) in [5, 5.41) is 0. The summed E-state index contributed by atoms with van der Waals surface area (Å²) >= 11 is 0. The number of sulfonamides is 1. The van der Waals surface area contributed by atoms with E-state index < -0.39 is 10.0 Å². The molecule has 0 saturated heterocycles. The zero-order valence-electron chi connectivity index (χ0n) is 12.4. The van der Waals surface area contributed by atoms with Crippen LogP contribution in [0.4, 0.5) is 5.69 Å². The Labute approximate surface area is 125 Å². The molecule has 0 amide bonds. The minimum atomic E-state index is -3.67. The topological polar surface area (TPSA) is 55.4 Å². The Bertz CT molecular complexity index is 739. The predicted molar refractivity (Wildman–Crippen MR) is 84.4 cm³/mol. The average molecular weight is 305 g/mol. The van der Waals surface area contributed by atoms with Crippen LogP contribution >= 0.6 is 0 Å². The molecule has 0 fully saturated rings. The molecule has 0 aliphatic rings. The predicted octanol–water partition coefficient (Wildman–Crippen LogP) is 3.37. The van der Waals surface area contributed by atoms with Crippen molar-refractivity contribution in [2.45, 2.75) is 25.2 Å². The molecule has 1 N–H and O–H groups in total. The minimum absolute atomic E-state index is 0.129. The van der Waals surface area contributed by atoms with E-state index in [9.17, 15) is 8.42 Å². The number of benzene rings is 2. The molecule has 4 nitrogen and oxygen atoms in total. The fourth-order valence-corrected chi connectivity index (χ4v) is 3.43. The van der Waals surface area contributed by atoms with E-state index in [4.69, 9.17) is 4.74 Å². The molecule has 2 aromatic rings. The van der Waals surface area contributed by atoms with Crippen LogP contribution in [0, 0.1) is 6.92 Å². The summed E-state index contributed by atoms with van der Waals surface area (Å²) in [6.07, 6.45) is 0.922. The molecule has 2 aromatic carbocycles. The third-order valence-electron chi connectivity index (χ3n) is 3.33. The fraction of sp³-hybridized carbons (Fsp3) is 0.250. The van der Waals surface area contributed by atoms with E-state index in [-0.39, 0.29) is 4.90 Å². The Balaban J connectivity index is 2.35. The van der Waals surface area contributed by atoms with Gasteiger partial charge in [0.25, 0.3) is 10.0 Å². The molecule has 0 unspecified atom stereocenters. The van der Waals surface area contributed by atoms with Gasteiger partial charge in [0.2, 0.25) is 0 Å². The highest BCUT2D eigenvalue weighted by Crippen LogP contribution is 2.26. The zero-order valence-corrected chi connectivity index (χ0v) is 13.2. The number of para-hydroxylation sites is 1. The summed E-state index contributed by atoms with van der Waals surface area (Å²) in [5.74, 6) is 0.326. The van der Waals surface area contributed by atoms with Gasteiger partial charge >= 0.3 is 0 Å². The summed E-state index contributed by atoms with van der Waals surface area (Å²) in [6, 6.07) is 12.1. The molecule has 0 spiro atoms. The number of rotatable bonds is 5. The van der Waals surface area contributed by atoms with Crippen LogP contribution in [0.2, 0.25) is 0 Å². The molecule has 0 bridgehead atoms. The molecule has 0 saturated carbocycles. The minimum Gasteiger partial charge on any atom is -0.495 e. The van der Waals surface area contributed by atoms with E-state index in [2.05, 4.69) is 11.6 Å². The van der Waals surface area contributed by atoms with Gasteiger partial charge in [-0.25, -0.2) is 8.42 Å². The molecule has 0 aliphatic carbocycles. The highest BCUT2D eigenvalue weighted by Gasteiger charge is 2.19. The normalized spacial score (nSPS) is 11.2. The van der Waals surface area contributed by atoms with Crippen molar-refractivity contribution >= 4 is 15.7 Å². The van der Waals surface area contributed by atoms with Crippen molar-refractivity contribution in [3.05, 3.63) is 53.6 Å². The number of aryl methyl sites for hydroxylation is 2. The quantitative estimate of drug-likeness (QED) is 0.921. The van der Waals surface area contributed by atoms with Gasteiger partial charge in [-0.05, 0) is 48.7 Å². The molecule has 0 aromatic heterocycles. The second kappa shape index (κ2) is 6.18. The van der Waals surface area contributed by atoms with Crippen LogP contribution in [-0.4, -0.2) is 15.5 Å². The molecule has 21 heavy (non-hydrogen) atoms. The maximum atomic E-state index is 12.5. The first kappa shape index (κ1) is 15.4. The van der Waals surface area contributed by atoms with Crippen LogP contribution in [0.5, 0.6) is 5.75 Å². The Morgan fingerprint density at radius 1 is 1.14 bits per heavy atom. The maximum absolute atomic E-state index is 12.5. The van der Waals surface area contributed by atoms with Crippen molar-refractivity contribution in [2.75, 3.05) is 11.8 Å². The van der Waals surface area contributed by atoms with E-state index in [0.29, 0.717) is 11.4 Å². The molecular formula is C16H19NO3S. The lowest BCUT2D eigenvalue weighted by Gasteiger charge is -2.12. The van der Waals surface area contributed by atoms with E-state index >= 15 is 0 Å². The number of methoxy groups -OCH3 is 1. The van der Waals surface area contributed by atoms with Gasteiger partial charge < -0.3 is 4.74 Å². The van der Waals surface area contributed by atoms with Crippen LogP contribution < -0.4 is 9.46 Å². The van der Waals surface area contributed by atoms with Crippen molar-refractivity contribution in [1.82, 2.24) is 0 Å². The summed E-state index contributed by atoms with van der Waals surface area (Å²) in [7, 11) is -2.21.